The topological polar surface area (TPSA) is 88.2 Å². The molecule has 1 aromatic rings. The molecule has 176 valence electrons. The van der Waals surface area contributed by atoms with Gasteiger partial charge in [-0.3, -0.25) is 24.6 Å². The summed E-state index contributed by atoms with van der Waals surface area (Å²) in [5.41, 5.74) is 1.95. The van der Waals surface area contributed by atoms with Crippen molar-refractivity contribution in [2.75, 3.05) is 26.3 Å². The second kappa shape index (κ2) is 8.09. The van der Waals surface area contributed by atoms with Gasteiger partial charge in [-0.05, 0) is 75.4 Å². The Balaban J connectivity index is 1.12. The summed E-state index contributed by atoms with van der Waals surface area (Å²) < 4.78 is 12.0. The second-order valence-corrected chi connectivity index (χ2v) is 10.4. The number of nitrogens with zero attached hydrogens (tertiary/aromatic N) is 2. The van der Waals surface area contributed by atoms with Crippen LogP contribution >= 0.6 is 0 Å². The third kappa shape index (κ3) is 3.73. The summed E-state index contributed by atoms with van der Waals surface area (Å²) in [7, 11) is 0. The zero-order valence-electron chi connectivity index (χ0n) is 18.9. The van der Waals surface area contributed by atoms with Crippen LogP contribution in [-0.2, 0) is 20.9 Å². The molecule has 0 radical (unpaired) electrons. The first-order chi connectivity index (χ1) is 16.0. The van der Waals surface area contributed by atoms with Gasteiger partial charge in [0.05, 0.1) is 13.2 Å². The lowest BCUT2D eigenvalue weighted by atomic mass is 9.76. The van der Waals surface area contributed by atoms with Gasteiger partial charge in [0.25, 0.3) is 5.91 Å². The lowest BCUT2D eigenvalue weighted by Crippen LogP contribution is -2.54. The first-order valence-electron chi connectivity index (χ1n) is 12.3. The van der Waals surface area contributed by atoms with Crippen LogP contribution in [0.2, 0.25) is 0 Å². The molecule has 1 saturated carbocycles. The van der Waals surface area contributed by atoms with E-state index >= 15 is 0 Å². The largest absolute Gasteiger partial charge is 0.489 e. The number of likely N-dealkylation sites (tertiary alicyclic amines) is 1. The maximum absolute atomic E-state index is 12.9. The molecule has 5 aliphatic rings. The number of nitrogens with one attached hydrogen (secondary N) is 1. The van der Waals surface area contributed by atoms with E-state index < -0.39 is 6.04 Å². The Kier molecular flexibility index (Phi) is 5.18. The number of rotatable bonds is 4. The van der Waals surface area contributed by atoms with Crippen molar-refractivity contribution in [3.63, 3.8) is 0 Å². The van der Waals surface area contributed by atoms with Crippen LogP contribution < -0.4 is 10.1 Å². The number of imide groups is 1. The highest BCUT2D eigenvalue weighted by Crippen LogP contribution is 2.41. The monoisotopic (exact) mass is 453 g/mol. The minimum absolute atomic E-state index is 0.146. The molecule has 0 bridgehead atoms. The lowest BCUT2D eigenvalue weighted by Gasteiger charge is -2.49. The summed E-state index contributed by atoms with van der Waals surface area (Å²) in [6.45, 7) is 4.47. The Bertz CT molecular complexity index is 980. The van der Waals surface area contributed by atoms with Crippen LogP contribution in [0.3, 0.4) is 0 Å². The Morgan fingerprint density at radius 3 is 2.61 bits per heavy atom. The molecule has 4 aliphatic heterocycles. The van der Waals surface area contributed by atoms with Crippen molar-refractivity contribution in [1.82, 2.24) is 15.1 Å². The normalized spacial score (nSPS) is 31.5. The van der Waals surface area contributed by atoms with E-state index in [1.54, 1.807) is 4.90 Å². The molecule has 4 fully saturated rings. The van der Waals surface area contributed by atoms with Gasteiger partial charge in [-0.25, -0.2) is 0 Å². The minimum Gasteiger partial charge on any atom is -0.489 e. The lowest BCUT2D eigenvalue weighted by molar-refractivity contribution is -0.144. The van der Waals surface area contributed by atoms with Gasteiger partial charge in [0.2, 0.25) is 11.8 Å². The number of fused-ring (bicyclic) bond motifs is 1. The SMILES string of the molecule is O=C1CCC(N2Cc3cc(O[C@H]4CCC[C@@H]4N4CCC5(CC4)COC5)ccc3C2=O)C(=O)N1. The molecule has 1 N–H and O–H groups in total. The molecule has 1 unspecified atom stereocenters. The average molecular weight is 454 g/mol. The van der Waals surface area contributed by atoms with Gasteiger partial charge in [-0.15, -0.1) is 0 Å². The summed E-state index contributed by atoms with van der Waals surface area (Å²) >= 11 is 0. The second-order valence-electron chi connectivity index (χ2n) is 10.4. The maximum atomic E-state index is 12.9. The first kappa shape index (κ1) is 21.1. The summed E-state index contributed by atoms with van der Waals surface area (Å²) in [6.07, 6.45) is 6.62. The molecule has 3 atom stereocenters. The summed E-state index contributed by atoms with van der Waals surface area (Å²) in [5.74, 6) is -0.00183. The van der Waals surface area contributed by atoms with Crippen molar-refractivity contribution in [3.8, 4) is 5.75 Å². The zero-order chi connectivity index (χ0) is 22.6. The number of hydrogen-bond donors (Lipinski definition) is 1. The molecule has 4 heterocycles. The van der Waals surface area contributed by atoms with Gasteiger partial charge in [0.1, 0.15) is 17.9 Å². The molecule has 3 saturated heterocycles. The summed E-state index contributed by atoms with van der Waals surface area (Å²) in [5, 5.41) is 2.35. The van der Waals surface area contributed by atoms with E-state index in [1.165, 1.54) is 25.7 Å². The smallest absolute Gasteiger partial charge is 0.255 e. The van der Waals surface area contributed by atoms with Gasteiger partial charge in [0, 0.05) is 30.0 Å². The van der Waals surface area contributed by atoms with E-state index in [0.717, 1.165) is 44.0 Å². The molecule has 1 aromatic carbocycles. The zero-order valence-corrected chi connectivity index (χ0v) is 18.9. The fourth-order valence-corrected chi connectivity index (χ4v) is 6.27. The molecular formula is C25H31N3O5. The number of benzene rings is 1. The Morgan fingerprint density at radius 1 is 1.06 bits per heavy atom. The molecule has 1 aliphatic carbocycles. The van der Waals surface area contributed by atoms with Crippen LogP contribution in [0.25, 0.3) is 0 Å². The van der Waals surface area contributed by atoms with Crippen molar-refractivity contribution >= 4 is 17.7 Å². The fraction of sp³-hybridized carbons (Fsp3) is 0.640. The predicted octanol–water partition coefficient (Wildman–Crippen LogP) is 1.86. The number of ether oxygens (including phenoxy) is 2. The van der Waals surface area contributed by atoms with E-state index in [4.69, 9.17) is 9.47 Å². The third-order valence-electron chi connectivity index (χ3n) is 8.34. The summed E-state index contributed by atoms with van der Waals surface area (Å²) in [6, 6.07) is 5.53. The number of piperidine rings is 2. The molecular weight excluding hydrogens is 422 g/mol. The van der Waals surface area contributed by atoms with Crippen molar-refractivity contribution in [2.45, 2.75) is 69.7 Å². The highest BCUT2D eigenvalue weighted by molar-refractivity contribution is 6.05. The highest BCUT2D eigenvalue weighted by atomic mass is 16.5. The van der Waals surface area contributed by atoms with Gasteiger partial charge in [-0.1, -0.05) is 0 Å². The van der Waals surface area contributed by atoms with Crippen LogP contribution in [0, 0.1) is 5.41 Å². The Hall–Kier alpha value is -2.45. The molecule has 33 heavy (non-hydrogen) atoms. The molecule has 8 nitrogen and oxygen atoms in total. The molecule has 0 aromatic heterocycles. The van der Waals surface area contributed by atoms with Gasteiger partial charge < -0.3 is 14.4 Å². The number of hydrogen-bond acceptors (Lipinski definition) is 6. The van der Waals surface area contributed by atoms with E-state index in [2.05, 4.69) is 10.2 Å². The van der Waals surface area contributed by atoms with Crippen LogP contribution in [-0.4, -0.2) is 72.0 Å². The van der Waals surface area contributed by atoms with Crippen LogP contribution in [0.4, 0.5) is 0 Å². The van der Waals surface area contributed by atoms with Crippen molar-refractivity contribution in [2.24, 2.45) is 5.41 Å². The van der Waals surface area contributed by atoms with E-state index in [0.29, 0.717) is 30.0 Å². The molecule has 8 heteroatoms. The maximum Gasteiger partial charge on any atom is 0.255 e. The molecule has 6 rings (SSSR count). The van der Waals surface area contributed by atoms with Crippen molar-refractivity contribution < 1.29 is 23.9 Å². The Morgan fingerprint density at radius 2 is 1.88 bits per heavy atom. The summed E-state index contributed by atoms with van der Waals surface area (Å²) in [4.78, 5) is 40.9. The highest BCUT2D eigenvalue weighted by Gasteiger charge is 2.44. The number of amides is 3. The van der Waals surface area contributed by atoms with Gasteiger partial charge >= 0.3 is 0 Å². The predicted molar refractivity (Wildman–Crippen MR) is 119 cm³/mol. The van der Waals surface area contributed by atoms with Crippen LogP contribution in [0.1, 0.15) is 60.9 Å². The molecule has 3 amide bonds. The average Bonchev–Trinajstić information content (AvgIpc) is 3.37. The van der Waals surface area contributed by atoms with Crippen molar-refractivity contribution in [3.05, 3.63) is 29.3 Å². The van der Waals surface area contributed by atoms with Crippen LogP contribution in [0.5, 0.6) is 5.75 Å². The van der Waals surface area contributed by atoms with E-state index in [1.807, 2.05) is 18.2 Å². The fourth-order valence-electron chi connectivity index (χ4n) is 6.27. The van der Waals surface area contributed by atoms with E-state index in [9.17, 15) is 14.4 Å². The standard InChI is InChI=1S/C25H31N3O5/c29-22-7-6-20(23(30)26-22)28-13-16-12-17(4-5-18(16)24(28)31)33-21-3-1-2-19(21)27-10-8-25(9-11-27)14-32-15-25/h4-5,12,19-21H,1-3,6-11,13-15H2,(H,26,29,30)/t19-,20?,21-/m0/s1. The molecule has 1 spiro atoms. The number of carbonyl (C=O) groups excluding carboxylic acids is 3. The third-order valence-corrected chi connectivity index (χ3v) is 8.34. The number of carbonyl (C=O) groups is 3. The first-order valence-corrected chi connectivity index (χ1v) is 12.3. The van der Waals surface area contributed by atoms with E-state index in [-0.39, 0.29) is 30.2 Å². The van der Waals surface area contributed by atoms with Gasteiger partial charge in [0.15, 0.2) is 0 Å². The van der Waals surface area contributed by atoms with Crippen molar-refractivity contribution in [1.29, 1.82) is 0 Å². The Labute approximate surface area is 193 Å². The van der Waals surface area contributed by atoms with Gasteiger partial charge in [-0.2, -0.15) is 0 Å². The van der Waals surface area contributed by atoms with Crippen LogP contribution in [0.15, 0.2) is 18.2 Å². The quantitative estimate of drug-likeness (QED) is 0.701. The minimum atomic E-state index is -0.588.